The van der Waals surface area contributed by atoms with Crippen LogP contribution in [0.5, 0.6) is 0 Å². The molecule has 2 aromatic carbocycles. The molecule has 118 valence electrons. The molecule has 0 spiro atoms. The summed E-state index contributed by atoms with van der Waals surface area (Å²) in [7, 11) is 0. The van der Waals surface area contributed by atoms with Crippen LogP contribution in [0.1, 0.15) is 28.3 Å². The van der Waals surface area contributed by atoms with Crippen molar-refractivity contribution in [3.8, 4) is 0 Å². The fourth-order valence-corrected chi connectivity index (χ4v) is 2.57. The van der Waals surface area contributed by atoms with Gasteiger partial charge in [0.2, 0.25) is 0 Å². The summed E-state index contributed by atoms with van der Waals surface area (Å²) >= 11 is 4.20. The maximum atomic E-state index is 6.47. The van der Waals surface area contributed by atoms with E-state index in [1.807, 2.05) is 12.1 Å². The standard InChI is InChI=1S/C18H25N3S/c1-12-5-3-8-17(13(12)2)18(20)14-6-4-7-16(9-14)21-10-15(19)11-22/h3-9,15,18,21-22H,10-11,19-20H2,1-2H3. The molecule has 0 aliphatic heterocycles. The van der Waals surface area contributed by atoms with Crippen molar-refractivity contribution < 1.29 is 0 Å². The van der Waals surface area contributed by atoms with Gasteiger partial charge in [-0.3, -0.25) is 0 Å². The van der Waals surface area contributed by atoms with Gasteiger partial charge in [0.05, 0.1) is 6.04 Å². The summed E-state index contributed by atoms with van der Waals surface area (Å²) in [6.45, 7) is 4.94. The summed E-state index contributed by atoms with van der Waals surface area (Å²) in [5, 5.41) is 3.34. The molecular formula is C18H25N3S. The molecule has 0 saturated heterocycles. The zero-order chi connectivity index (χ0) is 16.1. The summed E-state index contributed by atoms with van der Waals surface area (Å²) in [6, 6.07) is 14.4. The van der Waals surface area contributed by atoms with Crippen molar-refractivity contribution >= 4 is 18.3 Å². The van der Waals surface area contributed by atoms with Gasteiger partial charge in [0.15, 0.2) is 0 Å². The highest BCUT2D eigenvalue weighted by Crippen LogP contribution is 2.26. The van der Waals surface area contributed by atoms with E-state index in [1.165, 1.54) is 16.7 Å². The molecule has 2 rings (SSSR count). The van der Waals surface area contributed by atoms with Gasteiger partial charge >= 0.3 is 0 Å². The van der Waals surface area contributed by atoms with E-state index < -0.39 is 0 Å². The second-order valence-corrected chi connectivity index (χ2v) is 6.08. The van der Waals surface area contributed by atoms with E-state index in [9.17, 15) is 0 Å². The largest absolute Gasteiger partial charge is 0.383 e. The van der Waals surface area contributed by atoms with Crippen LogP contribution in [0.4, 0.5) is 5.69 Å². The Morgan fingerprint density at radius 3 is 2.55 bits per heavy atom. The van der Waals surface area contributed by atoms with Crippen LogP contribution in [-0.2, 0) is 0 Å². The number of nitrogens with one attached hydrogen (secondary N) is 1. The van der Waals surface area contributed by atoms with E-state index in [2.05, 4.69) is 62.1 Å². The molecule has 2 atom stereocenters. The smallest absolute Gasteiger partial charge is 0.0555 e. The van der Waals surface area contributed by atoms with Gasteiger partial charge in [-0.25, -0.2) is 0 Å². The minimum absolute atomic E-state index is 0.0414. The molecule has 0 aliphatic carbocycles. The maximum absolute atomic E-state index is 6.47. The molecule has 0 amide bonds. The SMILES string of the molecule is Cc1cccc(C(N)c2cccc(NCC(N)CS)c2)c1C. The molecule has 22 heavy (non-hydrogen) atoms. The Kier molecular flexibility index (Phi) is 5.89. The van der Waals surface area contributed by atoms with Crippen molar-refractivity contribution in [1.82, 2.24) is 0 Å². The highest BCUT2D eigenvalue weighted by Gasteiger charge is 2.13. The first-order valence-electron chi connectivity index (χ1n) is 7.55. The molecule has 0 bridgehead atoms. The van der Waals surface area contributed by atoms with Crippen LogP contribution in [0.25, 0.3) is 0 Å². The van der Waals surface area contributed by atoms with Crippen LogP contribution in [0.15, 0.2) is 42.5 Å². The summed E-state index contributed by atoms with van der Waals surface area (Å²) < 4.78 is 0. The Morgan fingerprint density at radius 1 is 1.09 bits per heavy atom. The summed E-state index contributed by atoms with van der Waals surface area (Å²) in [4.78, 5) is 0. The molecule has 2 unspecified atom stereocenters. The Balaban J connectivity index is 2.19. The third kappa shape index (κ3) is 4.03. The van der Waals surface area contributed by atoms with Crippen LogP contribution < -0.4 is 16.8 Å². The molecule has 2 aromatic rings. The molecule has 0 fully saturated rings. The van der Waals surface area contributed by atoms with Gasteiger partial charge in [0, 0.05) is 24.0 Å². The second kappa shape index (κ2) is 7.68. The van der Waals surface area contributed by atoms with Gasteiger partial charge < -0.3 is 16.8 Å². The highest BCUT2D eigenvalue weighted by molar-refractivity contribution is 7.80. The van der Waals surface area contributed by atoms with E-state index in [1.54, 1.807) is 0 Å². The van der Waals surface area contributed by atoms with E-state index in [4.69, 9.17) is 11.5 Å². The molecule has 0 aromatic heterocycles. The first kappa shape index (κ1) is 16.9. The maximum Gasteiger partial charge on any atom is 0.0555 e. The van der Waals surface area contributed by atoms with E-state index in [0.29, 0.717) is 12.3 Å². The molecule has 0 saturated carbocycles. The number of hydrogen-bond donors (Lipinski definition) is 4. The second-order valence-electron chi connectivity index (χ2n) is 5.72. The molecular weight excluding hydrogens is 290 g/mol. The van der Waals surface area contributed by atoms with Gasteiger partial charge in [0.25, 0.3) is 0 Å². The Morgan fingerprint density at radius 2 is 1.82 bits per heavy atom. The van der Waals surface area contributed by atoms with Crippen LogP contribution >= 0.6 is 12.6 Å². The van der Waals surface area contributed by atoms with Crippen LogP contribution in [-0.4, -0.2) is 18.3 Å². The monoisotopic (exact) mass is 315 g/mol. The predicted molar refractivity (Wildman–Crippen MR) is 98.7 cm³/mol. The van der Waals surface area contributed by atoms with Crippen molar-refractivity contribution in [2.75, 3.05) is 17.6 Å². The Bertz CT molecular complexity index is 627. The van der Waals surface area contributed by atoms with Crippen molar-refractivity contribution in [3.63, 3.8) is 0 Å². The lowest BCUT2D eigenvalue weighted by atomic mass is 9.93. The zero-order valence-corrected chi connectivity index (χ0v) is 14.1. The van der Waals surface area contributed by atoms with E-state index in [-0.39, 0.29) is 12.1 Å². The number of nitrogens with two attached hydrogens (primary N) is 2. The van der Waals surface area contributed by atoms with Crippen LogP contribution in [0, 0.1) is 13.8 Å². The molecule has 3 nitrogen and oxygen atoms in total. The molecule has 5 N–H and O–H groups in total. The molecule has 0 aliphatic rings. The van der Waals surface area contributed by atoms with Crippen molar-refractivity contribution in [1.29, 1.82) is 0 Å². The van der Waals surface area contributed by atoms with Gasteiger partial charge in [-0.05, 0) is 48.2 Å². The van der Waals surface area contributed by atoms with E-state index >= 15 is 0 Å². The van der Waals surface area contributed by atoms with Gasteiger partial charge in [-0.15, -0.1) is 0 Å². The topological polar surface area (TPSA) is 64.1 Å². The third-order valence-electron chi connectivity index (χ3n) is 4.03. The van der Waals surface area contributed by atoms with Gasteiger partial charge in [0.1, 0.15) is 0 Å². The van der Waals surface area contributed by atoms with Crippen molar-refractivity contribution in [3.05, 3.63) is 64.7 Å². The summed E-state index contributed by atoms with van der Waals surface area (Å²) in [5.74, 6) is 0.661. The van der Waals surface area contributed by atoms with E-state index in [0.717, 1.165) is 11.3 Å². The third-order valence-corrected chi connectivity index (χ3v) is 4.50. The summed E-state index contributed by atoms with van der Waals surface area (Å²) in [6.07, 6.45) is 0. The fourth-order valence-electron chi connectivity index (χ4n) is 2.45. The minimum Gasteiger partial charge on any atom is -0.383 e. The van der Waals surface area contributed by atoms with Gasteiger partial charge in [-0.1, -0.05) is 30.3 Å². The first-order valence-corrected chi connectivity index (χ1v) is 8.18. The number of anilines is 1. The number of benzene rings is 2. The lowest BCUT2D eigenvalue weighted by molar-refractivity contribution is 0.792. The Labute approximate surface area is 138 Å². The number of hydrogen-bond acceptors (Lipinski definition) is 4. The Hall–Kier alpha value is -1.49. The summed E-state index contributed by atoms with van der Waals surface area (Å²) in [5.41, 5.74) is 18.2. The zero-order valence-electron chi connectivity index (χ0n) is 13.2. The molecule has 0 heterocycles. The molecule has 0 radical (unpaired) electrons. The quantitative estimate of drug-likeness (QED) is 0.620. The fraction of sp³-hybridized carbons (Fsp3) is 0.333. The lowest BCUT2D eigenvalue weighted by Crippen LogP contribution is -2.30. The first-order chi connectivity index (χ1) is 10.5. The van der Waals surface area contributed by atoms with Crippen molar-refractivity contribution in [2.45, 2.75) is 25.9 Å². The predicted octanol–water partition coefficient (Wildman–Crippen LogP) is 3.02. The van der Waals surface area contributed by atoms with Crippen LogP contribution in [0.3, 0.4) is 0 Å². The number of rotatable bonds is 6. The van der Waals surface area contributed by atoms with Crippen LogP contribution in [0.2, 0.25) is 0 Å². The van der Waals surface area contributed by atoms with Crippen molar-refractivity contribution in [2.24, 2.45) is 11.5 Å². The lowest BCUT2D eigenvalue weighted by Gasteiger charge is -2.18. The average Bonchev–Trinajstić information content (AvgIpc) is 2.54. The highest BCUT2D eigenvalue weighted by atomic mass is 32.1. The van der Waals surface area contributed by atoms with Gasteiger partial charge in [-0.2, -0.15) is 12.6 Å². The molecule has 4 heteroatoms. The normalized spacial score (nSPS) is 13.7. The minimum atomic E-state index is -0.125. The average molecular weight is 315 g/mol. The number of aryl methyl sites for hydroxylation is 1. The number of thiol groups is 1.